The standard InChI is InChI=1S/2C10H11ClO/c2*11-9-3-1-7(2-4-9)10-5-8(10)6-12/h2*1-4,8,10,12H,5-6H2/t2*8-,10-/m10/s1. The first-order valence-electron chi connectivity index (χ1n) is 8.35. The molecule has 4 atom stereocenters. The molecule has 24 heavy (non-hydrogen) atoms. The van der Waals surface area contributed by atoms with Crippen LogP contribution in [0.5, 0.6) is 0 Å². The average Bonchev–Trinajstić information content (AvgIpc) is 3.50. The van der Waals surface area contributed by atoms with Crippen LogP contribution in [-0.2, 0) is 0 Å². The maximum atomic E-state index is 8.87. The second-order valence-electron chi connectivity index (χ2n) is 6.67. The Morgan fingerprint density at radius 2 is 1.00 bits per heavy atom. The van der Waals surface area contributed by atoms with E-state index < -0.39 is 0 Å². The van der Waals surface area contributed by atoms with Gasteiger partial charge < -0.3 is 10.2 Å². The number of aliphatic hydroxyl groups excluding tert-OH is 2. The fourth-order valence-corrected chi connectivity index (χ4v) is 3.39. The van der Waals surface area contributed by atoms with Gasteiger partial charge in [0.05, 0.1) is 0 Å². The van der Waals surface area contributed by atoms with Gasteiger partial charge in [-0.1, -0.05) is 47.5 Å². The minimum absolute atomic E-state index is 0.313. The second kappa shape index (κ2) is 7.88. The van der Waals surface area contributed by atoms with Crippen molar-refractivity contribution >= 4 is 23.2 Å². The molecule has 0 radical (unpaired) electrons. The molecule has 0 unspecified atom stereocenters. The Bertz CT molecular complexity index is 595. The second-order valence-corrected chi connectivity index (χ2v) is 7.55. The van der Waals surface area contributed by atoms with Crippen molar-refractivity contribution in [3.8, 4) is 0 Å². The predicted molar refractivity (Wildman–Crippen MR) is 98.8 cm³/mol. The number of halogens is 2. The van der Waals surface area contributed by atoms with Crippen molar-refractivity contribution in [3.63, 3.8) is 0 Å². The van der Waals surface area contributed by atoms with Crippen molar-refractivity contribution in [3.05, 3.63) is 69.7 Å². The van der Waals surface area contributed by atoms with Crippen LogP contribution in [0.15, 0.2) is 48.5 Å². The van der Waals surface area contributed by atoms with Crippen molar-refractivity contribution in [2.45, 2.75) is 24.7 Å². The third kappa shape index (κ3) is 4.52. The molecule has 4 rings (SSSR count). The molecule has 2 aliphatic rings. The van der Waals surface area contributed by atoms with E-state index >= 15 is 0 Å². The van der Waals surface area contributed by atoms with Gasteiger partial charge in [0.2, 0.25) is 0 Å². The van der Waals surface area contributed by atoms with Gasteiger partial charge in [0, 0.05) is 23.3 Å². The third-order valence-electron chi connectivity index (χ3n) is 4.91. The summed E-state index contributed by atoms with van der Waals surface area (Å²) in [5, 5.41) is 19.3. The molecule has 2 aromatic rings. The molecule has 0 saturated heterocycles. The molecule has 2 aliphatic carbocycles. The Balaban J connectivity index is 0.000000141. The first-order valence-corrected chi connectivity index (χ1v) is 9.10. The summed E-state index contributed by atoms with van der Waals surface area (Å²) in [6.07, 6.45) is 2.25. The zero-order chi connectivity index (χ0) is 17.1. The van der Waals surface area contributed by atoms with Gasteiger partial charge in [0.15, 0.2) is 0 Å². The fraction of sp³-hybridized carbons (Fsp3) is 0.400. The molecule has 0 bridgehead atoms. The van der Waals surface area contributed by atoms with Crippen molar-refractivity contribution in [1.29, 1.82) is 0 Å². The number of benzene rings is 2. The molecule has 2 N–H and O–H groups in total. The van der Waals surface area contributed by atoms with E-state index in [1.165, 1.54) is 11.1 Å². The zero-order valence-electron chi connectivity index (χ0n) is 13.4. The van der Waals surface area contributed by atoms with Gasteiger partial charge in [-0.2, -0.15) is 0 Å². The minimum atomic E-state index is 0.313. The monoisotopic (exact) mass is 364 g/mol. The highest BCUT2D eigenvalue weighted by atomic mass is 35.5. The van der Waals surface area contributed by atoms with E-state index in [1.54, 1.807) is 0 Å². The van der Waals surface area contributed by atoms with Crippen molar-refractivity contribution in [2.75, 3.05) is 13.2 Å². The third-order valence-corrected chi connectivity index (χ3v) is 5.41. The summed E-state index contributed by atoms with van der Waals surface area (Å²) >= 11 is 11.5. The SMILES string of the molecule is OC[C@@H]1C[C@H]1c1ccc(Cl)cc1.OC[C@H]1C[C@@H]1c1ccc(Cl)cc1. The molecular formula is C20H22Cl2O2. The highest BCUT2D eigenvalue weighted by molar-refractivity contribution is 6.30. The quantitative estimate of drug-likeness (QED) is 0.811. The largest absolute Gasteiger partial charge is 0.396 e. The van der Waals surface area contributed by atoms with Crippen LogP contribution in [0.25, 0.3) is 0 Å². The lowest BCUT2D eigenvalue weighted by Crippen LogP contribution is -1.87. The van der Waals surface area contributed by atoms with E-state index in [2.05, 4.69) is 0 Å². The normalized spacial score (nSPS) is 27.2. The first-order chi connectivity index (χ1) is 11.6. The number of rotatable bonds is 4. The van der Waals surface area contributed by atoms with Crippen LogP contribution >= 0.6 is 23.2 Å². The Kier molecular flexibility index (Phi) is 5.83. The van der Waals surface area contributed by atoms with Crippen LogP contribution in [0.2, 0.25) is 10.0 Å². The molecule has 0 amide bonds. The molecule has 2 nitrogen and oxygen atoms in total. The van der Waals surface area contributed by atoms with Crippen molar-refractivity contribution < 1.29 is 10.2 Å². The van der Waals surface area contributed by atoms with Gasteiger partial charge in [0.25, 0.3) is 0 Å². The maximum Gasteiger partial charge on any atom is 0.0465 e. The van der Waals surface area contributed by atoms with Gasteiger partial charge in [0.1, 0.15) is 0 Å². The molecular weight excluding hydrogens is 343 g/mol. The number of hydrogen-bond donors (Lipinski definition) is 2. The number of hydrogen-bond acceptors (Lipinski definition) is 2. The fourth-order valence-electron chi connectivity index (χ4n) is 3.14. The lowest BCUT2D eigenvalue weighted by molar-refractivity contribution is 0.273. The maximum absolute atomic E-state index is 8.87. The van der Waals surface area contributed by atoms with Crippen LogP contribution in [0.1, 0.15) is 35.8 Å². The molecule has 0 aromatic heterocycles. The molecule has 0 spiro atoms. The Morgan fingerprint density at radius 1 is 0.667 bits per heavy atom. The van der Waals surface area contributed by atoms with Gasteiger partial charge in [-0.15, -0.1) is 0 Å². The van der Waals surface area contributed by atoms with Crippen LogP contribution in [-0.4, -0.2) is 23.4 Å². The number of aliphatic hydroxyl groups is 2. The lowest BCUT2D eigenvalue weighted by Gasteiger charge is -1.97. The van der Waals surface area contributed by atoms with Crippen LogP contribution in [0.4, 0.5) is 0 Å². The predicted octanol–water partition coefficient (Wildman–Crippen LogP) is 4.87. The van der Waals surface area contributed by atoms with Crippen molar-refractivity contribution in [1.82, 2.24) is 0 Å². The lowest BCUT2D eigenvalue weighted by atomic mass is 10.1. The molecule has 4 heteroatoms. The van der Waals surface area contributed by atoms with Gasteiger partial charge >= 0.3 is 0 Å². The summed E-state index contributed by atoms with van der Waals surface area (Å²) in [5.74, 6) is 2.14. The Hall–Kier alpha value is -1.06. The molecule has 2 fully saturated rings. The van der Waals surface area contributed by atoms with Crippen LogP contribution < -0.4 is 0 Å². The molecule has 2 aromatic carbocycles. The Morgan fingerprint density at radius 3 is 1.25 bits per heavy atom. The molecule has 2 saturated carbocycles. The smallest absolute Gasteiger partial charge is 0.0465 e. The topological polar surface area (TPSA) is 40.5 Å². The Labute approximate surface area is 153 Å². The summed E-state index contributed by atoms with van der Waals surface area (Å²) in [6.45, 7) is 0.626. The summed E-state index contributed by atoms with van der Waals surface area (Å²) in [6, 6.07) is 15.8. The molecule has 0 aliphatic heterocycles. The van der Waals surface area contributed by atoms with E-state index in [1.807, 2.05) is 48.5 Å². The van der Waals surface area contributed by atoms with E-state index in [-0.39, 0.29) is 0 Å². The van der Waals surface area contributed by atoms with E-state index in [0.717, 1.165) is 22.9 Å². The highest BCUT2D eigenvalue weighted by Gasteiger charge is 2.37. The van der Waals surface area contributed by atoms with Gasteiger partial charge in [-0.25, -0.2) is 0 Å². The zero-order valence-corrected chi connectivity index (χ0v) is 14.9. The van der Waals surface area contributed by atoms with Crippen LogP contribution in [0, 0.1) is 11.8 Å². The van der Waals surface area contributed by atoms with Gasteiger partial charge in [-0.3, -0.25) is 0 Å². The van der Waals surface area contributed by atoms with E-state index in [4.69, 9.17) is 33.4 Å². The molecule has 128 valence electrons. The average molecular weight is 365 g/mol. The van der Waals surface area contributed by atoms with E-state index in [9.17, 15) is 0 Å². The summed E-state index contributed by atoms with van der Waals surface area (Å²) in [5.41, 5.74) is 2.61. The minimum Gasteiger partial charge on any atom is -0.396 e. The molecule has 0 heterocycles. The highest BCUT2D eigenvalue weighted by Crippen LogP contribution is 2.47. The first kappa shape index (κ1) is 17.8. The van der Waals surface area contributed by atoms with E-state index in [0.29, 0.717) is 36.9 Å². The summed E-state index contributed by atoms with van der Waals surface area (Å²) < 4.78 is 0. The summed E-state index contributed by atoms with van der Waals surface area (Å²) in [4.78, 5) is 0. The summed E-state index contributed by atoms with van der Waals surface area (Å²) in [7, 11) is 0. The van der Waals surface area contributed by atoms with Crippen LogP contribution in [0.3, 0.4) is 0 Å². The van der Waals surface area contributed by atoms with Crippen molar-refractivity contribution in [2.24, 2.45) is 11.8 Å². The van der Waals surface area contributed by atoms with Gasteiger partial charge in [-0.05, 0) is 71.9 Å².